The second-order valence-electron chi connectivity index (χ2n) is 5.56. The van der Waals surface area contributed by atoms with E-state index in [0.29, 0.717) is 5.92 Å². The fourth-order valence-corrected chi connectivity index (χ4v) is 3.89. The average molecular weight is 291 g/mol. The van der Waals surface area contributed by atoms with Gasteiger partial charge in [0.05, 0.1) is 12.3 Å². The number of fused-ring (bicyclic) bond motifs is 1. The second-order valence-corrected chi connectivity index (χ2v) is 6.56. The van der Waals surface area contributed by atoms with E-state index in [0.717, 1.165) is 26.2 Å². The third-order valence-electron chi connectivity index (χ3n) is 3.90. The Balaban J connectivity index is 1.80. The van der Waals surface area contributed by atoms with Crippen molar-refractivity contribution in [3.05, 3.63) is 39.3 Å². The summed E-state index contributed by atoms with van der Waals surface area (Å²) in [6.45, 7) is 5.97. The van der Waals surface area contributed by atoms with Crippen LogP contribution in [0.5, 0.6) is 0 Å². The quantitative estimate of drug-likeness (QED) is 0.867. The molecule has 4 nitrogen and oxygen atoms in total. The first-order valence-electron chi connectivity index (χ1n) is 6.94. The van der Waals surface area contributed by atoms with E-state index in [4.69, 9.17) is 4.74 Å². The number of ether oxygens (including phenoxy) is 1. The van der Waals surface area contributed by atoms with Crippen molar-refractivity contribution in [2.75, 3.05) is 20.3 Å². The second kappa shape index (κ2) is 5.68. The summed E-state index contributed by atoms with van der Waals surface area (Å²) in [6.07, 6.45) is 2.14. The Labute approximate surface area is 124 Å². The molecule has 20 heavy (non-hydrogen) atoms. The molecule has 108 valence electrons. The molecular weight excluding hydrogens is 270 g/mol. The van der Waals surface area contributed by atoms with Gasteiger partial charge in [-0.25, -0.2) is 0 Å². The fraction of sp³-hybridized carbons (Fsp3) is 0.533. The Morgan fingerprint density at radius 3 is 3.05 bits per heavy atom. The summed E-state index contributed by atoms with van der Waals surface area (Å²) in [5, 5.41) is 6.79. The summed E-state index contributed by atoms with van der Waals surface area (Å²) >= 11 is 1.85. The van der Waals surface area contributed by atoms with E-state index >= 15 is 0 Å². The number of hydrogen-bond acceptors (Lipinski definition) is 4. The smallest absolute Gasteiger partial charge is 0.0736 e. The predicted molar refractivity (Wildman–Crippen MR) is 81.0 cm³/mol. The van der Waals surface area contributed by atoms with Gasteiger partial charge in [0.15, 0.2) is 0 Å². The summed E-state index contributed by atoms with van der Waals surface area (Å²) in [4.78, 5) is 3.97. The van der Waals surface area contributed by atoms with Gasteiger partial charge in [0.25, 0.3) is 0 Å². The lowest BCUT2D eigenvalue weighted by Crippen LogP contribution is -2.34. The SMILES string of the molecule is COC[C@H]1CN(Cc2sccc2C)Cc2cn(C)nc21. The van der Waals surface area contributed by atoms with Crippen LogP contribution >= 0.6 is 11.3 Å². The van der Waals surface area contributed by atoms with Gasteiger partial charge in [0.1, 0.15) is 0 Å². The van der Waals surface area contributed by atoms with E-state index in [1.807, 2.05) is 23.1 Å². The Bertz CT molecular complexity index is 590. The normalized spacial score (nSPS) is 19.2. The highest BCUT2D eigenvalue weighted by atomic mass is 32.1. The van der Waals surface area contributed by atoms with Gasteiger partial charge in [-0.1, -0.05) is 0 Å². The molecule has 2 aromatic rings. The van der Waals surface area contributed by atoms with Crippen molar-refractivity contribution in [3.8, 4) is 0 Å². The third-order valence-corrected chi connectivity index (χ3v) is 4.91. The average Bonchev–Trinajstić information content (AvgIpc) is 2.96. The highest BCUT2D eigenvalue weighted by molar-refractivity contribution is 7.10. The van der Waals surface area contributed by atoms with Crippen LogP contribution < -0.4 is 0 Å². The fourth-order valence-electron chi connectivity index (χ4n) is 2.95. The zero-order valence-corrected chi connectivity index (χ0v) is 13.1. The zero-order chi connectivity index (χ0) is 14.1. The van der Waals surface area contributed by atoms with Crippen LogP contribution in [-0.4, -0.2) is 34.9 Å². The molecule has 0 radical (unpaired) electrons. The number of aromatic nitrogens is 2. The predicted octanol–water partition coefficient (Wildman–Crippen LogP) is 2.54. The largest absolute Gasteiger partial charge is 0.384 e. The molecule has 0 bridgehead atoms. The van der Waals surface area contributed by atoms with Crippen molar-refractivity contribution in [2.45, 2.75) is 25.9 Å². The molecule has 1 atom stereocenters. The van der Waals surface area contributed by atoms with E-state index in [-0.39, 0.29) is 0 Å². The van der Waals surface area contributed by atoms with E-state index in [2.05, 4.69) is 34.6 Å². The zero-order valence-electron chi connectivity index (χ0n) is 12.3. The molecule has 1 aliphatic rings. The summed E-state index contributed by atoms with van der Waals surface area (Å²) < 4.78 is 7.31. The molecule has 0 saturated carbocycles. The minimum absolute atomic E-state index is 0.380. The molecule has 0 spiro atoms. The first-order valence-corrected chi connectivity index (χ1v) is 7.82. The minimum Gasteiger partial charge on any atom is -0.384 e. The van der Waals surface area contributed by atoms with Gasteiger partial charge in [0, 0.05) is 56.3 Å². The molecule has 0 aromatic carbocycles. The van der Waals surface area contributed by atoms with Gasteiger partial charge in [-0.2, -0.15) is 5.10 Å². The summed E-state index contributed by atoms with van der Waals surface area (Å²) in [6, 6.07) is 2.20. The summed E-state index contributed by atoms with van der Waals surface area (Å²) in [7, 11) is 3.76. The molecular formula is C15H21N3OS. The van der Waals surface area contributed by atoms with Crippen molar-refractivity contribution >= 4 is 11.3 Å². The maximum atomic E-state index is 5.38. The number of rotatable bonds is 4. The Morgan fingerprint density at radius 2 is 2.35 bits per heavy atom. The van der Waals surface area contributed by atoms with E-state index in [1.54, 1.807) is 7.11 Å². The molecule has 3 rings (SSSR count). The topological polar surface area (TPSA) is 30.3 Å². The molecule has 0 unspecified atom stereocenters. The minimum atomic E-state index is 0.380. The van der Waals surface area contributed by atoms with Gasteiger partial charge in [0.2, 0.25) is 0 Å². The van der Waals surface area contributed by atoms with Crippen LogP contribution in [0, 0.1) is 6.92 Å². The van der Waals surface area contributed by atoms with Crippen molar-refractivity contribution in [3.63, 3.8) is 0 Å². The molecule has 3 heterocycles. The molecule has 1 aliphatic heterocycles. The van der Waals surface area contributed by atoms with E-state index in [9.17, 15) is 0 Å². The monoisotopic (exact) mass is 291 g/mol. The van der Waals surface area contributed by atoms with Crippen molar-refractivity contribution in [1.29, 1.82) is 0 Å². The van der Waals surface area contributed by atoms with Gasteiger partial charge < -0.3 is 4.74 Å². The van der Waals surface area contributed by atoms with Gasteiger partial charge >= 0.3 is 0 Å². The van der Waals surface area contributed by atoms with Crippen LogP contribution in [0.1, 0.15) is 27.6 Å². The van der Waals surface area contributed by atoms with Crippen LogP contribution in [-0.2, 0) is 24.9 Å². The number of methoxy groups -OCH3 is 1. The number of aryl methyl sites for hydroxylation is 2. The molecule has 2 aromatic heterocycles. The molecule has 0 fully saturated rings. The summed E-state index contributed by atoms with van der Waals surface area (Å²) in [5.41, 5.74) is 3.96. The Kier molecular flexibility index (Phi) is 3.92. The lowest BCUT2D eigenvalue weighted by molar-refractivity contribution is 0.135. The Morgan fingerprint density at radius 1 is 1.50 bits per heavy atom. The number of hydrogen-bond donors (Lipinski definition) is 0. The first-order chi connectivity index (χ1) is 9.67. The van der Waals surface area contributed by atoms with Crippen molar-refractivity contribution in [1.82, 2.24) is 14.7 Å². The van der Waals surface area contributed by atoms with Crippen LogP contribution in [0.25, 0.3) is 0 Å². The molecule has 0 N–H and O–H groups in total. The van der Waals surface area contributed by atoms with Crippen LogP contribution in [0.4, 0.5) is 0 Å². The van der Waals surface area contributed by atoms with Crippen molar-refractivity contribution < 1.29 is 4.74 Å². The highest BCUT2D eigenvalue weighted by Crippen LogP contribution is 2.29. The number of nitrogens with zero attached hydrogens (tertiary/aromatic N) is 3. The maximum absolute atomic E-state index is 5.38. The third kappa shape index (κ3) is 2.66. The highest BCUT2D eigenvalue weighted by Gasteiger charge is 2.28. The maximum Gasteiger partial charge on any atom is 0.0736 e. The van der Waals surface area contributed by atoms with Crippen LogP contribution in [0.2, 0.25) is 0 Å². The lowest BCUT2D eigenvalue weighted by atomic mass is 9.97. The first kappa shape index (κ1) is 13.8. The molecule has 0 amide bonds. The molecule has 0 aliphatic carbocycles. The van der Waals surface area contributed by atoms with Gasteiger partial charge in [-0.3, -0.25) is 9.58 Å². The number of thiophene rings is 1. The van der Waals surface area contributed by atoms with Crippen molar-refractivity contribution in [2.24, 2.45) is 7.05 Å². The Hall–Kier alpha value is -1.17. The van der Waals surface area contributed by atoms with Gasteiger partial charge in [-0.05, 0) is 23.9 Å². The standard InChI is InChI=1S/C15H21N3OS/c1-11-4-5-20-14(11)9-18-7-12-6-17(2)16-15(12)13(8-18)10-19-3/h4-6,13H,7-10H2,1-3H3/t13-/m1/s1. The molecule has 5 heteroatoms. The van der Waals surface area contributed by atoms with Crippen LogP contribution in [0.15, 0.2) is 17.6 Å². The van der Waals surface area contributed by atoms with E-state index in [1.165, 1.54) is 21.7 Å². The van der Waals surface area contributed by atoms with E-state index < -0.39 is 0 Å². The lowest BCUT2D eigenvalue weighted by Gasteiger charge is -2.31. The van der Waals surface area contributed by atoms with Gasteiger partial charge in [-0.15, -0.1) is 11.3 Å². The summed E-state index contributed by atoms with van der Waals surface area (Å²) in [5.74, 6) is 0.380. The molecule has 0 saturated heterocycles. The van der Waals surface area contributed by atoms with Crippen LogP contribution in [0.3, 0.4) is 0 Å².